The van der Waals surface area contributed by atoms with E-state index >= 15 is 0 Å². The number of nitrogens with two attached hydrogens (primary N) is 1. The fourth-order valence-electron chi connectivity index (χ4n) is 2.77. The van der Waals surface area contributed by atoms with Crippen molar-refractivity contribution in [2.75, 3.05) is 12.3 Å². The van der Waals surface area contributed by atoms with Gasteiger partial charge in [0.15, 0.2) is 0 Å². The molecule has 1 unspecified atom stereocenters. The molecule has 0 saturated carbocycles. The fourth-order valence-corrected chi connectivity index (χ4v) is 2.77. The van der Waals surface area contributed by atoms with Crippen LogP contribution in [-0.4, -0.2) is 17.5 Å². The molecule has 0 amide bonds. The predicted octanol–water partition coefficient (Wildman–Crippen LogP) is 4.48. The molecule has 1 atom stereocenters. The number of benzene rings is 1. The number of nitrogens with zero attached hydrogens (tertiary/aromatic N) is 1. The van der Waals surface area contributed by atoms with Gasteiger partial charge in [-0.05, 0) is 43.4 Å². The summed E-state index contributed by atoms with van der Waals surface area (Å²) in [5.74, 6) is 0.692. The van der Waals surface area contributed by atoms with E-state index in [0.717, 1.165) is 12.2 Å². The van der Waals surface area contributed by atoms with Crippen LogP contribution in [0.15, 0.2) is 24.3 Å². The van der Waals surface area contributed by atoms with Crippen LogP contribution in [0, 0.1) is 5.92 Å². The SMILES string of the molecule is CCC(CC)N(CC(C)C)C(C)c1ccc(N)cc1. The van der Waals surface area contributed by atoms with Gasteiger partial charge in [0.2, 0.25) is 0 Å². The minimum atomic E-state index is 0.452. The summed E-state index contributed by atoms with van der Waals surface area (Å²) in [6.45, 7) is 12.6. The van der Waals surface area contributed by atoms with Crippen LogP contribution in [-0.2, 0) is 0 Å². The van der Waals surface area contributed by atoms with Crippen LogP contribution in [0.5, 0.6) is 0 Å². The molecule has 0 radical (unpaired) electrons. The van der Waals surface area contributed by atoms with E-state index in [2.05, 4.69) is 51.7 Å². The fraction of sp³-hybridized carbons (Fsp3) is 0.647. The van der Waals surface area contributed by atoms with Crippen molar-refractivity contribution in [3.8, 4) is 0 Å². The first-order chi connectivity index (χ1) is 8.99. The molecule has 108 valence electrons. The minimum Gasteiger partial charge on any atom is -0.399 e. The maximum Gasteiger partial charge on any atom is 0.0322 e. The number of hydrogen-bond acceptors (Lipinski definition) is 2. The maximum absolute atomic E-state index is 5.78. The molecule has 2 heteroatoms. The highest BCUT2D eigenvalue weighted by Gasteiger charge is 2.22. The van der Waals surface area contributed by atoms with E-state index in [1.807, 2.05) is 12.1 Å². The lowest BCUT2D eigenvalue weighted by Crippen LogP contribution is -2.39. The van der Waals surface area contributed by atoms with Crippen LogP contribution in [0.2, 0.25) is 0 Å². The number of nitrogen functional groups attached to an aromatic ring is 1. The van der Waals surface area contributed by atoms with E-state index in [0.29, 0.717) is 18.0 Å². The molecule has 0 aliphatic heterocycles. The number of rotatable bonds is 7. The zero-order chi connectivity index (χ0) is 14.4. The van der Waals surface area contributed by atoms with E-state index in [1.54, 1.807) is 0 Å². The summed E-state index contributed by atoms with van der Waals surface area (Å²) in [5, 5.41) is 0. The third kappa shape index (κ3) is 4.54. The summed E-state index contributed by atoms with van der Waals surface area (Å²) in [5.41, 5.74) is 7.99. The Morgan fingerprint density at radius 3 is 1.95 bits per heavy atom. The Morgan fingerprint density at radius 2 is 1.53 bits per heavy atom. The summed E-state index contributed by atoms with van der Waals surface area (Å²) in [6.07, 6.45) is 2.42. The third-order valence-corrected chi connectivity index (χ3v) is 3.90. The molecule has 2 N–H and O–H groups in total. The van der Waals surface area contributed by atoms with Gasteiger partial charge >= 0.3 is 0 Å². The standard InChI is InChI=1S/C17H30N2/c1-6-17(7-2)19(12-13(3)4)14(5)15-8-10-16(18)11-9-15/h8-11,13-14,17H,6-7,12,18H2,1-5H3. The molecular formula is C17H30N2. The third-order valence-electron chi connectivity index (χ3n) is 3.90. The lowest BCUT2D eigenvalue weighted by atomic mass is 10.00. The van der Waals surface area contributed by atoms with Crippen LogP contribution in [0.25, 0.3) is 0 Å². The summed E-state index contributed by atoms with van der Waals surface area (Å²) >= 11 is 0. The van der Waals surface area contributed by atoms with Gasteiger partial charge in [-0.15, -0.1) is 0 Å². The van der Waals surface area contributed by atoms with Crippen molar-refractivity contribution in [1.82, 2.24) is 4.90 Å². The van der Waals surface area contributed by atoms with Crippen LogP contribution >= 0.6 is 0 Å². The molecule has 0 aromatic heterocycles. The zero-order valence-corrected chi connectivity index (χ0v) is 13.2. The second kappa shape index (κ2) is 7.54. The van der Waals surface area contributed by atoms with E-state index in [-0.39, 0.29) is 0 Å². The maximum atomic E-state index is 5.78. The molecule has 0 aliphatic rings. The summed E-state index contributed by atoms with van der Waals surface area (Å²) in [4.78, 5) is 2.65. The van der Waals surface area contributed by atoms with Crippen LogP contribution in [0.4, 0.5) is 5.69 Å². The van der Waals surface area contributed by atoms with Gasteiger partial charge in [-0.25, -0.2) is 0 Å². The average Bonchev–Trinajstić information content (AvgIpc) is 2.38. The second-order valence-corrected chi connectivity index (χ2v) is 5.90. The zero-order valence-electron chi connectivity index (χ0n) is 13.2. The lowest BCUT2D eigenvalue weighted by molar-refractivity contribution is 0.118. The van der Waals surface area contributed by atoms with Gasteiger partial charge in [-0.3, -0.25) is 4.90 Å². The molecule has 1 rings (SSSR count). The van der Waals surface area contributed by atoms with Crippen molar-refractivity contribution in [3.05, 3.63) is 29.8 Å². The largest absolute Gasteiger partial charge is 0.399 e. The first-order valence-electron chi connectivity index (χ1n) is 7.60. The predicted molar refractivity (Wildman–Crippen MR) is 85.2 cm³/mol. The number of hydrogen-bond donors (Lipinski definition) is 1. The molecule has 1 aromatic rings. The van der Waals surface area contributed by atoms with E-state index < -0.39 is 0 Å². The smallest absolute Gasteiger partial charge is 0.0322 e. The van der Waals surface area contributed by atoms with Gasteiger partial charge in [0.1, 0.15) is 0 Å². The van der Waals surface area contributed by atoms with Gasteiger partial charge in [-0.2, -0.15) is 0 Å². The highest BCUT2D eigenvalue weighted by molar-refractivity contribution is 5.40. The van der Waals surface area contributed by atoms with Crippen molar-refractivity contribution in [3.63, 3.8) is 0 Å². The molecule has 0 spiro atoms. The Labute approximate surface area is 119 Å². The Hall–Kier alpha value is -1.02. The van der Waals surface area contributed by atoms with Crippen LogP contribution < -0.4 is 5.73 Å². The average molecular weight is 262 g/mol. The summed E-state index contributed by atoms with van der Waals surface area (Å²) < 4.78 is 0. The normalized spacial score (nSPS) is 13.5. The van der Waals surface area contributed by atoms with Crippen molar-refractivity contribution in [2.45, 2.75) is 59.5 Å². The van der Waals surface area contributed by atoms with Crippen molar-refractivity contribution < 1.29 is 0 Å². The van der Waals surface area contributed by atoms with Crippen molar-refractivity contribution in [2.24, 2.45) is 5.92 Å². The molecule has 0 fully saturated rings. The van der Waals surface area contributed by atoms with Crippen molar-refractivity contribution in [1.29, 1.82) is 0 Å². The molecule has 0 saturated heterocycles. The van der Waals surface area contributed by atoms with Gasteiger partial charge in [-0.1, -0.05) is 39.8 Å². The Kier molecular flexibility index (Phi) is 6.36. The summed E-state index contributed by atoms with van der Waals surface area (Å²) in [7, 11) is 0. The first kappa shape index (κ1) is 16.0. The van der Waals surface area contributed by atoms with E-state index in [4.69, 9.17) is 5.73 Å². The van der Waals surface area contributed by atoms with Gasteiger partial charge in [0, 0.05) is 24.3 Å². The molecular weight excluding hydrogens is 232 g/mol. The second-order valence-electron chi connectivity index (χ2n) is 5.90. The first-order valence-corrected chi connectivity index (χ1v) is 7.60. The molecule has 0 bridgehead atoms. The monoisotopic (exact) mass is 262 g/mol. The van der Waals surface area contributed by atoms with Gasteiger partial charge in [0.25, 0.3) is 0 Å². The quantitative estimate of drug-likeness (QED) is 0.734. The van der Waals surface area contributed by atoms with Crippen molar-refractivity contribution >= 4 is 5.69 Å². The Bertz CT molecular complexity index is 352. The lowest BCUT2D eigenvalue weighted by Gasteiger charge is -2.37. The molecule has 0 heterocycles. The Balaban J connectivity index is 2.92. The van der Waals surface area contributed by atoms with E-state index in [1.165, 1.54) is 18.4 Å². The summed E-state index contributed by atoms with van der Waals surface area (Å²) in [6, 6.07) is 9.45. The molecule has 2 nitrogen and oxygen atoms in total. The van der Waals surface area contributed by atoms with Crippen LogP contribution in [0.1, 0.15) is 59.1 Å². The molecule has 1 aromatic carbocycles. The highest BCUT2D eigenvalue weighted by atomic mass is 15.2. The topological polar surface area (TPSA) is 29.3 Å². The molecule has 19 heavy (non-hydrogen) atoms. The Morgan fingerprint density at radius 1 is 1.00 bits per heavy atom. The van der Waals surface area contributed by atoms with Gasteiger partial charge in [0.05, 0.1) is 0 Å². The van der Waals surface area contributed by atoms with Crippen LogP contribution in [0.3, 0.4) is 0 Å². The van der Waals surface area contributed by atoms with Gasteiger partial charge < -0.3 is 5.73 Å². The van der Waals surface area contributed by atoms with E-state index in [9.17, 15) is 0 Å². The highest BCUT2D eigenvalue weighted by Crippen LogP contribution is 2.26. The molecule has 0 aliphatic carbocycles. The minimum absolute atomic E-state index is 0.452. The number of anilines is 1.